The van der Waals surface area contributed by atoms with E-state index in [9.17, 15) is 9.59 Å². The van der Waals surface area contributed by atoms with Gasteiger partial charge in [-0.1, -0.05) is 12.1 Å². The van der Waals surface area contributed by atoms with E-state index in [0.717, 1.165) is 25.0 Å². The van der Waals surface area contributed by atoms with Crippen LogP contribution in [-0.2, 0) is 26.4 Å². The number of hydrogen-bond acceptors (Lipinski definition) is 4. The van der Waals surface area contributed by atoms with E-state index in [1.54, 1.807) is 24.3 Å². The Labute approximate surface area is 144 Å². The molecule has 128 valence electrons. The summed E-state index contributed by atoms with van der Waals surface area (Å²) in [5.41, 5.74) is 3.59. The van der Waals surface area contributed by atoms with E-state index >= 15 is 0 Å². The van der Waals surface area contributed by atoms with Crippen molar-refractivity contribution in [1.82, 2.24) is 15.1 Å². The summed E-state index contributed by atoms with van der Waals surface area (Å²) in [6.07, 6.45) is 4.37. The van der Waals surface area contributed by atoms with Crippen molar-refractivity contribution in [3.8, 4) is 0 Å². The highest BCUT2D eigenvalue weighted by Gasteiger charge is 2.20. The molecule has 6 nitrogen and oxygen atoms in total. The summed E-state index contributed by atoms with van der Waals surface area (Å²) in [7, 11) is 1.94. The van der Waals surface area contributed by atoms with Crippen molar-refractivity contribution in [3.05, 3.63) is 63.3 Å². The number of hydrogen-bond donors (Lipinski definition) is 1. The second-order valence-corrected chi connectivity index (χ2v) is 6.36. The van der Waals surface area contributed by atoms with Crippen LogP contribution in [0.3, 0.4) is 0 Å². The molecule has 2 heterocycles. The molecule has 0 bridgehead atoms. The van der Waals surface area contributed by atoms with Gasteiger partial charge in [-0.05, 0) is 43.4 Å². The molecule has 0 atom stereocenters. The van der Waals surface area contributed by atoms with Gasteiger partial charge >= 0.3 is 0 Å². The lowest BCUT2D eigenvalue weighted by Crippen LogP contribution is -2.25. The van der Waals surface area contributed by atoms with Gasteiger partial charge in [0.1, 0.15) is 5.58 Å². The van der Waals surface area contributed by atoms with Crippen LogP contribution in [0.1, 0.15) is 40.3 Å². The van der Waals surface area contributed by atoms with Crippen LogP contribution in [0.25, 0.3) is 11.0 Å². The zero-order valence-electron chi connectivity index (χ0n) is 14.0. The highest BCUT2D eigenvalue weighted by atomic mass is 16.3. The monoisotopic (exact) mass is 337 g/mol. The molecule has 6 heteroatoms. The first-order chi connectivity index (χ1) is 12.1. The predicted molar refractivity (Wildman–Crippen MR) is 93.5 cm³/mol. The van der Waals surface area contributed by atoms with Gasteiger partial charge in [-0.3, -0.25) is 14.3 Å². The number of nitrogens with zero attached hydrogens (tertiary/aromatic N) is 2. The molecule has 4 rings (SSSR count). The summed E-state index contributed by atoms with van der Waals surface area (Å²) in [6.45, 7) is 0.332. The van der Waals surface area contributed by atoms with Gasteiger partial charge < -0.3 is 9.73 Å². The van der Waals surface area contributed by atoms with Crippen LogP contribution in [0.5, 0.6) is 0 Å². The minimum atomic E-state index is -0.405. The van der Waals surface area contributed by atoms with Crippen LogP contribution in [0.4, 0.5) is 0 Å². The van der Waals surface area contributed by atoms with Crippen LogP contribution in [0.2, 0.25) is 0 Å². The first-order valence-corrected chi connectivity index (χ1v) is 8.48. The molecule has 1 aliphatic carbocycles. The quantitative estimate of drug-likeness (QED) is 0.796. The normalized spacial score (nSPS) is 13.6. The Hall–Kier alpha value is -2.89. The van der Waals surface area contributed by atoms with Gasteiger partial charge in [0.05, 0.1) is 17.6 Å². The van der Waals surface area contributed by atoms with Gasteiger partial charge in [0.25, 0.3) is 5.91 Å². The molecule has 1 aromatic carbocycles. The number of aromatic nitrogens is 2. The summed E-state index contributed by atoms with van der Waals surface area (Å²) in [4.78, 5) is 24.5. The standard InChI is InChI=1S/C19H19N3O3/c1-22-15-8-4-2-6-12(15)14(21-22)11-20-19(24)18-10-16(23)13-7-3-5-9-17(13)25-18/h3,5,7,9-10H,2,4,6,8,11H2,1H3,(H,20,24). The summed E-state index contributed by atoms with van der Waals surface area (Å²) in [6, 6.07) is 8.15. The molecule has 3 aromatic rings. The number of amides is 1. The second kappa shape index (κ2) is 6.20. The average Bonchev–Trinajstić information content (AvgIpc) is 2.96. The highest BCUT2D eigenvalue weighted by molar-refractivity contribution is 5.93. The Morgan fingerprint density at radius 2 is 2.08 bits per heavy atom. The molecule has 1 aliphatic rings. The topological polar surface area (TPSA) is 77.1 Å². The van der Waals surface area contributed by atoms with Crippen molar-refractivity contribution in [2.45, 2.75) is 32.2 Å². The Kier molecular flexibility index (Phi) is 3.87. The third-order valence-corrected chi connectivity index (χ3v) is 4.72. The number of aryl methyl sites for hydroxylation is 1. The van der Waals surface area contributed by atoms with Crippen molar-refractivity contribution in [3.63, 3.8) is 0 Å². The van der Waals surface area contributed by atoms with Gasteiger partial charge in [-0.2, -0.15) is 5.10 Å². The van der Waals surface area contributed by atoms with E-state index in [1.165, 1.54) is 23.7 Å². The molecule has 0 radical (unpaired) electrons. The Bertz CT molecular complexity index is 1020. The minimum Gasteiger partial charge on any atom is -0.451 e. The Morgan fingerprint density at radius 3 is 2.96 bits per heavy atom. The fraction of sp³-hybridized carbons (Fsp3) is 0.316. The van der Waals surface area contributed by atoms with Crippen molar-refractivity contribution < 1.29 is 9.21 Å². The zero-order valence-corrected chi connectivity index (χ0v) is 14.0. The molecule has 0 saturated carbocycles. The number of carbonyl (C=O) groups is 1. The molecular formula is C19H19N3O3. The van der Waals surface area contributed by atoms with E-state index < -0.39 is 5.91 Å². The highest BCUT2D eigenvalue weighted by Crippen LogP contribution is 2.23. The molecular weight excluding hydrogens is 318 g/mol. The fourth-order valence-electron chi connectivity index (χ4n) is 3.47. The second-order valence-electron chi connectivity index (χ2n) is 6.36. The molecule has 0 unspecified atom stereocenters. The Morgan fingerprint density at radius 1 is 1.28 bits per heavy atom. The zero-order chi connectivity index (χ0) is 17.4. The van der Waals surface area contributed by atoms with Crippen molar-refractivity contribution in [1.29, 1.82) is 0 Å². The molecule has 2 aromatic heterocycles. The maximum atomic E-state index is 12.4. The molecule has 1 N–H and O–H groups in total. The van der Waals surface area contributed by atoms with Gasteiger partial charge in [0.15, 0.2) is 11.2 Å². The van der Waals surface area contributed by atoms with E-state index in [0.29, 0.717) is 17.5 Å². The number of benzene rings is 1. The Balaban J connectivity index is 1.56. The summed E-state index contributed by atoms with van der Waals surface area (Å²) in [5.74, 6) is -0.383. The van der Waals surface area contributed by atoms with E-state index in [2.05, 4.69) is 10.4 Å². The van der Waals surface area contributed by atoms with Crippen LogP contribution < -0.4 is 10.7 Å². The molecule has 0 spiro atoms. The summed E-state index contributed by atoms with van der Waals surface area (Å²) in [5, 5.41) is 7.83. The molecule has 25 heavy (non-hydrogen) atoms. The number of para-hydroxylation sites is 1. The van der Waals surface area contributed by atoms with Gasteiger partial charge in [-0.15, -0.1) is 0 Å². The summed E-state index contributed by atoms with van der Waals surface area (Å²) < 4.78 is 7.48. The van der Waals surface area contributed by atoms with Crippen LogP contribution in [0, 0.1) is 0 Å². The molecule has 0 saturated heterocycles. The van der Waals surface area contributed by atoms with Crippen LogP contribution >= 0.6 is 0 Å². The lowest BCUT2D eigenvalue weighted by molar-refractivity contribution is 0.0923. The van der Waals surface area contributed by atoms with E-state index in [4.69, 9.17) is 4.42 Å². The summed E-state index contributed by atoms with van der Waals surface area (Å²) >= 11 is 0. The SMILES string of the molecule is Cn1nc(CNC(=O)c2cc(=O)c3ccccc3o2)c2c1CCCC2. The number of carbonyl (C=O) groups excluding carboxylic acids is 1. The first-order valence-electron chi connectivity index (χ1n) is 8.48. The predicted octanol–water partition coefficient (Wildman–Crippen LogP) is 2.34. The maximum Gasteiger partial charge on any atom is 0.287 e. The number of rotatable bonds is 3. The van der Waals surface area contributed by atoms with Gasteiger partial charge in [0, 0.05) is 18.8 Å². The molecule has 0 aliphatic heterocycles. The molecule has 1 amide bonds. The smallest absolute Gasteiger partial charge is 0.287 e. The lowest BCUT2D eigenvalue weighted by Gasteiger charge is -2.12. The fourth-order valence-corrected chi connectivity index (χ4v) is 3.47. The molecule has 0 fully saturated rings. The third-order valence-electron chi connectivity index (χ3n) is 4.72. The first kappa shape index (κ1) is 15.6. The van der Waals surface area contributed by atoms with E-state index in [-0.39, 0.29) is 11.2 Å². The largest absolute Gasteiger partial charge is 0.451 e. The van der Waals surface area contributed by atoms with Gasteiger partial charge in [-0.25, -0.2) is 0 Å². The van der Waals surface area contributed by atoms with Crippen molar-refractivity contribution >= 4 is 16.9 Å². The maximum absolute atomic E-state index is 12.4. The van der Waals surface area contributed by atoms with Crippen molar-refractivity contribution in [2.24, 2.45) is 7.05 Å². The van der Waals surface area contributed by atoms with Crippen molar-refractivity contribution in [2.75, 3.05) is 0 Å². The minimum absolute atomic E-state index is 0.0218. The van der Waals surface area contributed by atoms with Crippen LogP contribution in [0.15, 0.2) is 39.5 Å². The lowest BCUT2D eigenvalue weighted by atomic mass is 9.96. The third kappa shape index (κ3) is 2.84. The van der Waals surface area contributed by atoms with Gasteiger partial charge in [0.2, 0.25) is 0 Å². The number of fused-ring (bicyclic) bond motifs is 2. The number of nitrogens with one attached hydrogen (secondary N) is 1. The van der Waals surface area contributed by atoms with E-state index in [1.807, 2.05) is 11.7 Å². The average molecular weight is 337 g/mol. The van der Waals surface area contributed by atoms with Crippen LogP contribution in [-0.4, -0.2) is 15.7 Å².